The number of carbonyl (C=O) groups is 1. The first kappa shape index (κ1) is 19.0. The van der Waals surface area contributed by atoms with E-state index in [0.29, 0.717) is 5.56 Å². The third-order valence-electron chi connectivity index (χ3n) is 4.95. The van der Waals surface area contributed by atoms with Gasteiger partial charge in [-0.25, -0.2) is 4.98 Å². The number of nitrogens with one attached hydrogen (secondary N) is 1. The van der Waals surface area contributed by atoms with Crippen LogP contribution in [0, 0.1) is 0 Å². The molecule has 148 valence electrons. The standard InChI is InChI=1S/C24H25N3O2/c1-17(2)29-22-10-8-21(9-11-22)26-24(28)19-7-12-23(25-15-19)27-14-13-18-5-3-4-6-20(18)16-27/h3-12,15,17H,13-14,16H2,1-2H3,(H,26,28). The normalized spacial score (nSPS) is 13.1. The lowest BCUT2D eigenvalue weighted by molar-refractivity contribution is 0.102. The summed E-state index contributed by atoms with van der Waals surface area (Å²) in [5.74, 6) is 1.50. The molecule has 5 heteroatoms. The van der Waals surface area contributed by atoms with Crippen LogP contribution in [0.5, 0.6) is 5.75 Å². The maximum Gasteiger partial charge on any atom is 0.257 e. The number of aromatic nitrogens is 1. The number of carbonyl (C=O) groups excluding carboxylic acids is 1. The van der Waals surface area contributed by atoms with Crippen LogP contribution in [0.3, 0.4) is 0 Å². The highest BCUT2D eigenvalue weighted by atomic mass is 16.5. The van der Waals surface area contributed by atoms with E-state index in [1.807, 2.05) is 50.2 Å². The smallest absolute Gasteiger partial charge is 0.257 e. The number of hydrogen-bond acceptors (Lipinski definition) is 4. The molecule has 0 fully saturated rings. The fraction of sp³-hybridized carbons (Fsp3) is 0.250. The summed E-state index contributed by atoms with van der Waals surface area (Å²) in [4.78, 5) is 19.3. The highest BCUT2D eigenvalue weighted by Gasteiger charge is 2.17. The van der Waals surface area contributed by atoms with E-state index in [-0.39, 0.29) is 12.0 Å². The van der Waals surface area contributed by atoms with Crippen LogP contribution in [0.2, 0.25) is 0 Å². The monoisotopic (exact) mass is 387 g/mol. The Bertz CT molecular complexity index is 982. The van der Waals surface area contributed by atoms with Gasteiger partial charge in [0.15, 0.2) is 0 Å². The molecule has 2 aromatic carbocycles. The summed E-state index contributed by atoms with van der Waals surface area (Å²) in [6.07, 6.45) is 2.77. The second-order valence-electron chi connectivity index (χ2n) is 7.49. The predicted molar refractivity (Wildman–Crippen MR) is 116 cm³/mol. The Balaban J connectivity index is 1.39. The lowest BCUT2D eigenvalue weighted by Crippen LogP contribution is -2.31. The fourth-order valence-electron chi connectivity index (χ4n) is 3.49. The second kappa shape index (κ2) is 8.35. The van der Waals surface area contributed by atoms with Crippen LogP contribution >= 0.6 is 0 Å². The molecule has 1 aromatic heterocycles. The zero-order valence-electron chi connectivity index (χ0n) is 16.8. The van der Waals surface area contributed by atoms with Gasteiger partial charge in [0, 0.05) is 25.0 Å². The van der Waals surface area contributed by atoms with E-state index < -0.39 is 0 Å². The van der Waals surface area contributed by atoms with Gasteiger partial charge < -0.3 is 15.0 Å². The molecule has 0 radical (unpaired) electrons. The third-order valence-corrected chi connectivity index (χ3v) is 4.95. The molecule has 0 unspecified atom stereocenters. The summed E-state index contributed by atoms with van der Waals surface area (Å²) in [6.45, 7) is 5.74. The van der Waals surface area contributed by atoms with E-state index in [0.717, 1.165) is 36.8 Å². The van der Waals surface area contributed by atoms with Gasteiger partial charge in [0.25, 0.3) is 5.91 Å². The molecule has 0 bridgehead atoms. The van der Waals surface area contributed by atoms with Gasteiger partial charge in [0.2, 0.25) is 0 Å². The van der Waals surface area contributed by atoms with Crippen LogP contribution in [-0.4, -0.2) is 23.5 Å². The van der Waals surface area contributed by atoms with E-state index in [4.69, 9.17) is 4.74 Å². The molecule has 1 aliphatic rings. The Morgan fingerprint density at radius 3 is 2.48 bits per heavy atom. The zero-order valence-corrected chi connectivity index (χ0v) is 16.8. The second-order valence-corrected chi connectivity index (χ2v) is 7.49. The Kier molecular flexibility index (Phi) is 5.47. The first-order valence-electron chi connectivity index (χ1n) is 9.94. The maximum absolute atomic E-state index is 12.5. The number of benzene rings is 2. The van der Waals surface area contributed by atoms with Gasteiger partial charge >= 0.3 is 0 Å². The minimum atomic E-state index is -0.175. The minimum Gasteiger partial charge on any atom is -0.491 e. The number of rotatable bonds is 5. The summed E-state index contributed by atoms with van der Waals surface area (Å²) in [5, 5.41) is 2.90. The quantitative estimate of drug-likeness (QED) is 0.690. The van der Waals surface area contributed by atoms with Crippen molar-refractivity contribution in [2.45, 2.75) is 32.9 Å². The fourth-order valence-corrected chi connectivity index (χ4v) is 3.49. The van der Waals surface area contributed by atoms with Crippen molar-refractivity contribution >= 4 is 17.4 Å². The van der Waals surface area contributed by atoms with E-state index in [9.17, 15) is 4.79 Å². The summed E-state index contributed by atoms with van der Waals surface area (Å²) < 4.78 is 5.62. The van der Waals surface area contributed by atoms with Crippen LogP contribution < -0.4 is 15.0 Å². The molecule has 2 heterocycles. The van der Waals surface area contributed by atoms with Crippen molar-refractivity contribution < 1.29 is 9.53 Å². The van der Waals surface area contributed by atoms with Crippen LogP contribution in [0.4, 0.5) is 11.5 Å². The van der Waals surface area contributed by atoms with Crippen LogP contribution in [-0.2, 0) is 13.0 Å². The lowest BCUT2D eigenvalue weighted by Gasteiger charge is -2.29. The van der Waals surface area contributed by atoms with Crippen molar-refractivity contribution in [3.05, 3.63) is 83.6 Å². The molecule has 0 atom stereocenters. The molecule has 29 heavy (non-hydrogen) atoms. The summed E-state index contributed by atoms with van der Waals surface area (Å²) in [5.41, 5.74) is 4.01. The highest BCUT2D eigenvalue weighted by Crippen LogP contribution is 2.23. The Morgan fingerprint density at radius 1 is 1.03 bits per heavy atom. The molecule has 0 aliphatic carbocycles. The van der Waals surface area contributed by atoms with Crippen molar-refractivity contribution in [3.63, 3.8) is 0 Å². The van der Waals surface area contributed by atoms with Crippen molar-refractivity contribution in [1.82, 2.24) is 4.98 Å². The molecule has 1 amide bonds. The number of ether oxygens (including phenoxy) is 1. The molecule has 5 nitrogen and oxygen atoms in total. The number of anilines is 2. The number of pyridine rings is 1. The van der Waals surface area contributed by atoms with Crippen molar-refractivity contribution in [1.29, 1.82) is 0 Å². The molecule has 1 N–H and O–H groups in total. The molecule has 3 aromatic rings. The zero-order chi connectivity index (χ0) is 20.2. The average Bonchev–Trinajstić information content (AvgIpc) is 2.74. The number of hydrogen-bond donors (Lipinski definition) is 1. The summed E-state index contributed by atoms with van der Waals surface area (Å²) in [7, 11) is 0. The molecule has 0 saturated heterocycles. The van der Waals surface area contributed by atoms with Crippen LogP contribution in [0.15, 0.2) is 66.9 Å². The SMILES string of the molecule is CC(C)Oc1ccc(NC(=O)c2ccc(N3CCc4ccccc4C3)nc2)cc1. The topological polar surface area (TPSA) is 54.5 Å². The highest BCUT2D eigenvalue weighted by molar-refractivity contribution is 6.04. The van der Waals surface area contributed by atoms with Crippen molar-refractivity contribution in [2.75, 3.05) is 16.8 Å². The molecule has 0 spiro atoms. The molecular weight excluding hydrogens is 362 g/mol. The van der Waals surface area contributed by atoms with Gasteiger partial charge in [0.05, 0.1) is 11.7 Å². The minimum absolute atomic E-state index is 0.119. The number of fused-ring (bicyclic) bond motifs is 1. The first-order chi connectivity index (χ1) is 14.1. The first-order valence-corrected chi connectivity index (χ1v) is 9.94. The van der Waals surface area contributed by atoms with Gasteiger partial charge in [-0.3, -0.25) is 4.79 Å². The Labute approximate surface area is 171 Å². The largest absolute Gasteiger partial charge is 0.491 e. The van der Waals surface area contributed by atoms with E-state index in [1.54, 1.807) is 6.20 Å². The van der Waals surface area contributed by atoms with Gasteiger partial charge in [-0.1, -0.05) is 24.3 Å². The van der Waals surface area contributed by atoms with Crippen molar-refractivity contribution in [3.8, 4) is 5.75 Å². The van der Waals surface area contributed by atoms with Crippen LogP contribution in [0.1, 0.15) is 35.3 Å². The van der Waals surface area contributed by atoms with Gasteiger partial charge in [-0.2, -0.15) is 0 Å². The van der Waals surface area contributed by atoms with Crippen LogP contribution in [0.25, 0.3) is 0 Å². The Hall–Kier alpha value is -3.34. The van der Waals surface area contributed by atoms with Crippen molar-refractivity contribution in [2.24, 2.45) is 0 Å². The molecule has 0 saturated carbocycles. The Morgan fingerprint density at radius 2 is 1.79 bits per heavy atom. The molecule has 1 aliphatic heterocycles. The summed E-state index contributed by atoms with van der Waals surface area (Å²) >= 11 is 0. The summed E-state index contributed by atoms with van der Waals surface area (Å²) in [6, 6.07) is 19.6. The average molecular weight is 387 g/mol. The van der Waals surface area contributed by atoms with Gasteiger partial charge in [0.1, 0.15) is 11.6 Å². The molecular formula is C24H25N3O2. The van der Waals surface area contributed by atoms with E-state index in [1.165, 1.54) is 11.1 Å². The van der Waals surface area contributed by atoms with Gasteiger partial charge in [-0.15, -0.1) is 0 Å². The number of amides is 1. The third kappa shape index (κ3) is 4.57. The number of nitrogens with zero attached hydrogens (tertiary/aromatic N) is 2. The molecule has 4 rings (SSSR count). The maximum atomic E-state index is 12.5. The predicted octanol–water partition coefficient (Wildman–Crippen LogP) is 4.68. The lowest BCUT2D eigenvalue weighted by atomic mass is 10.00. The van der Waals surface area contributed by atoms with E-state index in [2.05, 4.69) is 39.5 Å². The van der Waals surface area contributed by atoms with E-state index >= 15 is 0 Å². The van der Waals surface area contributed by atoms with Gasteiger partial charge in [-0.05, 0) is 67.8 Å².